The van der Waals surface area contributed by atoms with Gasteiger partial charge in [-0.2, -0.15) is 0 Å². The van der Waals surface area contributed by atoms with Gasteiger partial charge in [-0.1, -0.05) is 54.6 Å². The Morgan fingerprint density at radius 3 is 2.40 bits per heavy atom. The second kappa shape index (κ2) is 4.75. The van der Waals surface area contributed by atoms with Crippen LogP contribution in [-0.2, 0) is 0 Å². The van der Waals surface area contributed by atoms with Crippen LogP contribution in [0.15, 0.2) is 54.6 Å². The topological polar surface area (TPSA) is 20.2 Å². The van der Waals surface area contributed by atoms with Crippen molar-refractivity contribution in [2.24, 2.45) is 5.92 Å². The second-order valence-corrected chi connectivity index (χ2v) is 6.31. The van der Waals surface area contributed by atoms with Crippen LogP contribution in [0.3, 0.4) is 0 Å². The highest BCUT2D eigenvalue weighted by Gasteiger charge is 2.43. The molecule has 2 aliphatic rings. The lowest BCUT2D eigenvalue weighted by molar-refractivity contribution is 0.151. The molecule has 0 aliphatic heterocycles. The van der Waals surface area contributed by atoms with E-state index in [1.807, 2.05) is 0 Å². The highest BCUT2D eigenvalue weighted by atomic mass is 16.3. The van der Waals surface area contributed by atoms with Crippen molar-refractivity contribution in [3.05, 3.63) is 71.3 Å². The number of aliphatic hydroxyl groups excluding tert-OH is 1. The summed E-state index contributed by atoms with van der Waals surface area (Å²) in [5.41, 5.74) is 3.89. The van der Waals surface area contributed by atoms with Gasteiger partial charge >= 0.3 is 0 Å². The van der Waals surface area contributed by atoms with Crippen molar-refractivity contribution in [2.45, 2.75) is 37.2 Å². The van der Waals surface area contributed by atoms with Crippen LogP contribution in [0.2, 0.25) is 0 Å². The van der Waals surface area contributed by atoms with Crippen LogP contribution in [0.1, 0.15) is 53.9 Å². The first-order valence-electron chi connectivity index (χ1n) is 7.66. The van der Waals surface area contributed by atoms with E-state index in [2.05, 4.69) is 54.6 Å². The number of benzene rings is 2. The zero-order valence-corrected chi connectivity index (χ0v) is 11.6. The molecule has 2 saturated carbocycles. The third kappa shape index (κ3) is 2.27. The third-order valence-electron chi connectivity index (χ3n) is 4.77. The highest BCUT2D eigenvalue weighted by Crippen LogP contribution is 2.54. The minimum absolute atomic E-state index is 0.307. The molecule has 0 radical (unpaired) electrons. The number of hydrogen-bond acceptors (Lipinski definition) is 1. The lowest BCUT2D eigenvalue weighted by Gasteiger charge is -2.12. The fraction of sp³-hybridized carbons (Fsp3) is 0.368. The van der Waals surface area contributed by atoms with Crippen LogP contribution < -0.4 is 0 Å². The van der Waals surface area contributed by atoms with Crippen LogP contribution in [0.4, 0.5) is 0 Å². The average Bonchev–Trinajstić information content (AvgIpc) is 3.41. The predicted octanol–water partition coefficient (Wildman–Crippen LogP) is 4.40. The van der Waals surface area contributed by atoms with Crippen molar-refractivity contribution in [2.75, 3.05) is 0 Å². The zero-order chi connectivity index (χ0) is 13.5. The summed E-state index contributed by atoms with van der Waals surface area (Å²) in [5.74, 6) is 1.69. The minimum Gasteiger partial charge on any atom is -0.388 e. The van der Waals surface area contributed by atoms with E-state index in [4.69, 9.17) is 0 Å². The monoisotopic (exact) mass is 264 g/mol. The van der Waals surface area contributed by atoms with Crippen LogP contribution in [0.25, 0.3) is 0 Å². The lowest BCUT2D eigenvalue weighted by atomic mass is 9.98. The van der Waals surface area contributed by atoms with Crippen LogP contribution >= 0.6 is 0 Å². The first-order chi connectivity index (χ1) is 9.83. The summed E-state index contributed by atoms with van der Waals surface area (Å²) in [6.45, 7) is 0. The summed E-state index contributed by atoms with van der Waals surface area (Å²) in [6.07, 6.45) is 3.43. The molecule has 0 spiro atoms. The molecular formula is C19H20O. The van der Waals surface area contributed by atoms with Crippen molar-refractivity contribution in [1.29, 1.82) is 0 Å². The molecule has 102 valence electrons. The lowest BCUT2D eigenvalue weighted by Crippen LogP contribution is -2.02. The molecule has 0 amide bonds. The molecule has 3 atom stereocenters. The number of aliphatic hydroxyl groups is 1. The van der Waals surface area contributed by atoms with E-state index >= 15 is 0 Å². The molecule has 1 heteroatoms. The van der Waals surface area contributed by atoms with Crippen molar-refractivity contribution >= 4 is 0 Å². The fourth-order valence-electron chi connectivity index (χ4n) is 3.31. The minimum atomic E-state index is -0.307. The zero-order valence-electron chi connectivity index (χ0n) is 11.6. The summed E-state index contributed by atoms with van der Waals surface area (Å²) in [5, 5.41) is 10.6. The van der Waals surface area contributed by atoms with Gasteiger partial charge in [0.1, 0.15) is 0 Å². The Labute approximate surface area is 120 Å². The van der Waals surface area contributed by atoms with Gasteiger partial charge in [0, 0.05) is 0 Å². The van der Waals surface area contributed by atoms with Crippen molar-refractivity contribution < 1.29 is 5.11 Å². The van der Waals surface area contributed by atoms with Gasteiger partial charge < -0.3 is 5.11 Å². The third-order valence-corrected chi connectivity index (χ3v) is 4.77. The molecule has 0 heterocycles. The maximum Gasteiger partial charge on any atom is 0.0824 e. The van der Waals surface area contributed by atoms with Crippen LogP contribution in [0, 0.1) is 5.92 Å². The predicted molar refractivity (Wildman–Crippen MR) is 80.7 cm³/mol. The normalized spacial score (nSPS) is 26.2. The molecule has 1 N–H and O–H groups in total. The highest BCUT2D eigenvalue weighted by molar-refractivity contribution is 5.33. The molecule has 2 aliphatic carbocycles. The summed E-state index contributed by atoms with van der Waals surface area (Å²) in [4.78, 5) is 0. The summed E-state index contributed by atoms with van der Waals surface area (Å²) in [7, 11) is 0. The van der Waals surface area contributed by atoms with Crippen LogP contribution in [-0.4, -0.2) is 5.11 Å². The molecule has 2 aromatic carbocycles. The van der Waals surface area contributed by atoms with E-state index in [0.717, 1.165) is 17.9 Å². The molecular weight excluding hydrogens is 244 g/mol. The largest absolute Gasteiger partial charge is 0.388 e. The van der Waals surface area contributed by atoms with Gasteiger partial charge in [0.2, 0.25) is 0 Å². The van der Waals surface area contributed by atoms with Gasteiger partial charge in [0.15, 0.2) is 0 Å². The van der Waals surface area contributed by atoms with E-state index in [0.29, 0.717) is 11.8 Å². The van der Waals surface area contributed by atoms with Crippen molar-refractivity contribution in [3.63, 3.8) is 0 Å². The molecule has 1 nitrogen and oxygen atoms in total. The first kappa shape index (κ1) is 12.2. The Morgan fingerprint density at radius 1 is 0.900 bits per heavy atom. The standard InChI is InChI=1S/C19H20O/c20-19(16-8-4-7-15(11-16)13-9-10-13)18-12-17(18)14-5-2-1-3-6-14/h1-8,11,13,17-20H,9-10,12H2. The smallest absolute Gasteiger partial charge is 0.0824 e. The van der Waals surface area contributed by atoms with E-state index in [1.54, 1.807) is 0 Å². The van der Waals surface area contributed by atoms with Crippen molar-refractivity contribution in [1.82, 2.24) is 0 Å². The molecule has 0 aromatic heterocycles. The molecule has 0 saturated heterocycles. The Hall–Kier alpha value is -1.60. The van der Waals surface area contributed by atoms with E-state index in [1.165, 1.54) is 24.0 Å². The van der Waals surface area contributed by atoms with Gasteiger partial charge in [-0.15, -0.1) is 0 Å². The van der Waals surface area contributed by atoms with Crippen molar-refractivity contribution in [3.8, 4) is 0 Å². The van der Waals surface area contributed by atoms with Gasteiger partial charge in [0.05, 0.1) is 6.10 Å². The van der Waals surface area contributed by atoms with Crippen LogP contribution in [0.5, 0.6) is 0 Å². The SMILES string of the molecule is OC(c1cccc(C2CC2)c1)C1CC1c1ccccc1. The van der Waals surface area contributed by atoms with Gasteiger partial charge in [0.25, 0.3) is 0 Å². The van der Waals surface area contributed by atoms with E-state index < -0.39 is 0 Å². The summed E-state index contributed by atoms with van der Waals surface area (Å²) < 4.78 is 0. The van der Waals surface area contributed by atoms with Gasteiger partial charge in [-0.05, 0) is 53.7 Å². The number of rotatable bonds is 4. The molecule has 2 aromatic rings. The molecule has 20 heavy (non-hydrogen) atoms. The molecule has 0 bridgehead atoms. The van der Waals surface area contributed by atoms with E-state index in [9.17, 15) is 5.11 Å². The maximum absolute atomic E-state index is 10.6. The molecule has 2 fully saturated rings. The second-order valence-electron chi connectivity index (χ2n) is 6.31. The van der Waals surface area contributed by atoms with Gasteiger partial charge in [-0.25, -0.2) is 0 Å². The number of hydrogen-bond donors (Lipinski definition) is 1. The quantitative estimate of drug-likeness (QED) is 0.867. The summed E-state index contributed by atoms with van der Waals surface area (Å²) >= 11 is 0. The molecule has 4 rings (SSSR count). The Bertz CT molecular complexity index is 600. The maximum atomic E-state index is 10.6. The summed E-state index contributed by atoms with van der Waals surface area (Å²) in [6, 6.07) is 19.2. The van der Waals surface area contributed by atoms with E-state index in [-0.39, 0.29) is 6.10 Å². The Morgan fingerprint density at radius 2 is 1.65 bits per heavy atom. The average molecular weight is 264 g/mol. The first-order valence-corrected chi connectivity index (χ1v) is 7.66. The van der Waals surface area contributed by atoms with Gasteiger partial charge in [-0.3, -0.25) is 0 Å². The fourth-order valence-corrected chi connectivity index (χ4v) is 3.31. The Balaban J connectivity index is 1.51. The Kier molecular flexibility index (Phi) is 2.89. The molecule has 3 unspecified atom stereocenters.